The van der Waals surface area contributed by atoms with Gasteiger partial charge in [0.2, 0.25) is 0 Å². The molecule has 0 bridgehead atoms. The van der Waals surface area contributed by atoms with Gasteiger partial charge in [-0.2, -0.15) is 15.1 Å². The second kappa shape index (κ2) is 12.4. The molecule has 1 aromatic heterocycles. The van der Waals surface area contributed by atoms with Gasteiger partial charge in [-0.25, -0.2) is 4.57 Å². The summed E-state index contributed by atoms with van der Waals surface area (Å²) in [6.45, 7) is 5.63. The van der Waals surface area contributed by atoms with Crippen molar-refractivity contribution in [2.75, 3.05) is 16.3 Å². The van der Waals surface area contributed by atoms with Crippen LogP contribution in [0.15, 0.2) is 126 Å². The van der Waals surface area contributed by atoms with Gasteiger partial charge in [-0.05, 0) is 86.7 Å². The van der Waals surface area contributed by atoms with Crippen molar-refractivity contribution in [1.29, 1.82) is 10.5 Å². The monoisotopic (exact) mass is 593 g/mol. The molecule has 6 rings (SSSR count). The third-order valence-electron chi connectivity index (χ3n) is 7.73. The van der Waals surface area contributed by atoms with Crippen LogP contribution < -0.4 is 14.4 Å². The minimum Gasteiger partial charge on any atom is -0.326 e. The molecule has 1 aliphatic rings. The van der Waals surface area contributed by atoms with Crippen LogP contribution in [0.1, 0.15) is 30.8 Å². The predicted octanol–water partition coefficient (Wildman–Crippen LogP) is 8.34. The normalized spacial score (nSPS) is 13.9. The lowest BCUT2D eigenvalue weighted by Gasteiger charge is -2.24. The quantitative estimate of drug-likeness (QED) is 0.141. The van der Waals surface area contributed by atoms with Gasteiger partial charge in [0.1, 0.15) is 11.5 Å². The Labute approximate surface area is 262 Å². The van der Waals surface area contributed by atoms with Crippen molar-refractivity contribution in [1.82, 2.24) is 4.57 Å². The highest BCUT2D eigenvalue weighted by molar-refractivity contribution is 6.31. The Hall–Kier alpha value is -5.56. The summed E-state index contributed by atoms with van der Waals surface area (Å²) in [6.07, 6.45) is 7.86. The molecule has 6 nitrogen and oxygen atoms in total. The molecule has 0 aliphatic carbocycles. The van der Waals surface area contributed by atoms with Gasteiger partial charge in [0.25, 0.3) is 5.82 Å². The first-order chi connectivity index (χ1) is 21.6. The smallest absolute Gasteiger partial charge is 0.287 e. The number of aryl methyl sites for hydroxylation is 1. The summed E-state index contributed by atoms with van der Waals surface area (Å²) in [7, 11) is 0. The van der Waals surface area contributed by atoms with Crippen LogP contribution in [0.25, 0.3) is 22.8 Å². The molecule has 5 aromatic rings. The number of rotatable bonds is 7. The average Bonchev–Trinajstić information content (AvgIpc) is 3.57. The lowest BCUT2D eigenvalue weighted by atomic mass is 10.1. The standard InChI is InChI=1S/C37H30ClN6/c1-3-41-34-23-27(25-39)15-19-32(34)43(30-11-7-5-8-12-30)36(41)21-17-29(38)18-22-37-42(4-2)35-24-28(26-40)16-20-33(35)44(37)31-13-9-6-10-14-31/h5-24H,3-4H2,1-2H3/q+1. The third kappa shape index (κ3) is 5.13. The topological polar surface area (TPSA) is 62.9 Å². The molecule has 0 radical (unpaired) electrons. The van der Waals surface area contributed by atoms with Crippen LogP contribution in [-0.2, 0) is 6.54 Å². The second-order valence-corrected chi connectivity index (χ2v) is 10.7. The Kier molecular flexibility index (Phi) is 8.02. The van der Waals surface area contributed by atoms with Crippen LogP contribution in [0.5, 0.6) is 0 Å². The maximum Gasteiger partial charge on any atom is 0.287 e. The van der Waals surface area contributed by atoms with Crippen molar-refractivity contribution in [3.8, 4) is 17.8 Å². The molecule has 214 valence electrons. The predicted molar refractivity (Wildman–Crippen MR) is 178 cm³/mol. The Morgan fingerprint density at radius 2 is 1.48 bits per heavy atom. The number of hydrogen-bond acceptors (Lipinski definition) is 4. The van der Waals surface area contributed by atoms with Crippen LogP contribution in [0.3, 0.4) is 0 Å². The molecule has 0 fully saturated rings. The Morgan fingerprint density at radius 3 is 2.14 bits per heavy atom. The van der Waals surface area contributed by atoms with Crippen LogP contribution in [0, 0.1) is 22.7 Å². The van der Waals surface area contributed by atoms with Crippen LogP contribution in [-0.4, -0.2) is 11.1 Å². The number of para-hydroxylation sites is 2. The Bertz CT molecular complexity index is 2020. The largest absolute Gasteiger partial charge is 0.326 e. The van der Waals surface area contributed by atoms with Gasteiger partial charge < -0.3 is 4.90 Å². The highest BCUT2D eigenvalue weighted by Gasteiger charge is 2.31. The third-order valence-corrected chi connectivity index (χ3v) is 7.98. The molecule has 0 unspecified atom stereocenters. The maximum absolute atomic E-state index is 9.56. The number of fused-ring (bicyclic) bond motifs is 2. The van der Waals surface area contributed by atoms with Gasteiger partial charge in [-0.15, -0.1) is 0 Å². The van der Waals surface area contributed by atoms with Crippen LogP contribution in [0.2, 0.25) is 0 Å². The van der Waals surface area contributed by atoms with Crippen molar-refractivity contribution < 1.29 is 4.57 Å². The summed E-state index contributed by atoms with van der Waals surface area (Å²) in [5.74, 6) is 1.89. The Balaban J connectivity index is 1.44. The number of allylic oxidation sites excluding steroid dienone is 4. The summed E-state index contributed by atoms with van der Waals surface area (Å²) < 4.78 is 4.38. The van der Waals surface area contributed by atoms with E-state index in [0.29, 0.717) is 16.2 Å². The van der Waals surface area contributed by atoms with Crippen molar-refractivity contribution in [3.05, 3.63) is 143 Å². The van der Waals surface area contributed by atoms with Gasteiger partial charge in [0.15, 0.2) is 11.0 Å². The average molecular weight is 594 g/mol. The van der Waals surface area contributed by atoms with E-state index in [1.54, 1.807) is 0 Å². The zero-order chi connectivity index (χ0) is 30.6. The molecule has 0 N–H and O–H groups in total. The van der Waals surface area contributed by atoms with Gasteiger partial charge in [-0.3, -0.25) is 4.90 Å². The van der Waals surface area contributed by atoms with E-state index >= 15 is 0 Å². The van der Waals surface area contributed by atoms with E-state index in [2.05, 4.69) is 69.2 Å². The lowest BCUT2D eigenvalue weighted by molar-refractivity contribution is -0.670. The number of nitriles is 2. The molecule has 44 heavy (non-hydrogen) atoms. The Morgan fingerprint density at radius 1 is 0.818 bits per heavy atom. The number of nitrogens with zero attached hydrogens (tertiary/aromatic N) is 6. The summed E-state index contributed by atoms with van der Waals surface area (Å²) >= 11 is 6.88. The van der Waals surface area contributed by atoms with Crippen molar-refractivity contribution in [2.45, 2.75) is 20.4 Å². The van der Waals surface area contributed by atoms with E-state index in [1.165, 1.54) is 0 Å². The number of aromatic nitrogens is 2. The molecular weight excluding hydrogens is 564 g/mol. The van der Waals surface area contributed by atoms with Crippen molar-refractivity contribution in [2.24, 2.45) is 0 Å². The fourth-order valence-corrected chi connectivity index (χ4v) is 5.91. The van der Waals surface area contributed by atoms with Gasteiger partial charge in [-0.1, -0.05) is 48.0 Å². The van der Waals surface area contributed by atoms with E-state index in [4.69, 9.17) is 11.6 Å². The molecule has 0 spiro atoms. The highest BCUT2D eigenvalue weighted by Crippen LogP contribution is 2.46. The van der Waals surface area contributed by atoms with Crippen LogP contribution >= 0.6 is 11.6 Å². The summed E-state index contributed by atoms with van der Waals surface area (Å²) in [5, 5.41) is 19.7. The molecule has 0 saturated carbocycles. The second-order valence-electron chi connectivity index (χ2n) is 10.2. The minimum atomic E-state index is 0.556. The van der Waals surface area contributed by atoms with E-state index in [-0.39, 0.29) is 0 Å². The molecule has 7 heteroatoms. The first-order valence-electron chi connectivity index (χ1n) is 14.5. The number of benzene rings is 4. The van der Waals surface area contributed by atoms with Crippen molar-refractivity contribution >= 4 is 45.8 Å². The number of hydrogen-bond donors (Lipinski definition) is 0. The summed E-state index contributed by atoms with van der Waals surface area (Å²) in [6, 6.07) is 36.5. The number of imidazole rings is 1. The molecule has 4 aromatic carbocycles. The van der Waals surface area contributed by atoms with E-state index in [9.17, 15) is 10.5 Å². The van der Waals surface area contributed by atoms with E-state index < -0.39 is 0 Å². The SMILES string of the molecule is CCN1\C(=C/C=C(Cl)/C=C/c2n(-c3ccccc3)c3ccc(C#N)cc3[n+]2CC)N(c2ccccc2)c2ccc(C#N)cc21. The summed E-state index contributed by atoms with van der Waals surface area (Å²) in [4.78, 5) is 4.38. The van der Waals surface area contributed by atoms with E-state index in [0.717, 1.165) is 58.5 Å². The number of halogens is 1. The van der Waals surface area contributed by atoms with Crippen LogP contribution in [0.4, 0.5) is 17.1 Å². The van der Waals surface area contributed by atoms with Crippen molar-refractivity contribution in [3.63, 3.8) is 0 Å². The lowest BCUT2D eigenvalue weighted by Crippen LogP contribution is -2.35. The molecule has 2 heterocycles. The van der Waals surface area contributed by atoms with Gasteiger partial charge >= 0.3 is 0 Å². The molecule has 0 saturated heterocycles. The minimum absolute atomic E-state index is 0.556. The van der Waals surface area contributed by atoms with Gasteiger partial charge in [0.05, 0.1) is 41.2 Å². The first-order valence-corrected chi connectivity index (χ1v) is 14.9. The zero-order valence-corrected chi connectivity index (χ0v) is 25.3. The first kappa shape index (κ1) is 28.6. The zero-order valence-electron chi connectivity index (χ0n) is 24.5. The maximum atomic E-state index is 9.56. The number of anilines is 3. The highest BCUT2D eigenvalue weighted by atomic mass is 35.5. The molecule has 1 aliphatic heterocycles. The van der Waals surface area contributed by atoms with Gasteiger partial charge in [0, 0.05) is 29.4 Å². The fraction of sp³-hybridized carbons (Fsp3) is 0.108. The van der Waals surface area contributed by atoms with E-state index in [1.807, 2.05) is 97.1 Å². The fourth-order valence-electron chi connectivity index (χ4n) is 5.79. The summed E-state index contributed by atoms with van der Waals surface area (Å²) in [5.41, 5.74) is 7.26. The molecule has 0 amide bonds. The molecular formula is C37H30ClN6+. The molecule has 0 atom stereocenters.